The summed E-state index contributed by atoms with van der Waals surface area (Å²) < 4.78 is 1.64. The topological polar surface area (TPSA) is 50.2 Å². The minimum Gasteiger partial charge on any atom is -0.349 e. The van der Waals surface area contributed by atoms with Crippen molar-refractivity contribution < 1.29 is 4.79 Å². The second kappa shape index (κ2) is 9.65. The molecule has 0 saturated carbocycles. The SMILES string of the molecule is O=C(NCCN1CCCCC1)c1cc(-c2ccccc2Cl)nn1-c1ccc(Cl)cc1. The van der Waals surface area contributed by atoms with Gasteiger partial charge in [-0.25, -0.2) is 4.68 Å². The third kappa shape index (κ3) is 4.86. The smallest absolute Gasteiger partial charge is 0.270 e. The second-order valence-electron chi connectivity index (χ2n) is 7.44. The molecule has 2 aromatic carbocycles. The Morgan fingerprint density at radius 1 is 1.00 bits per heavy atom. The number of aromatic nitrogens is 2. The summed E-state index contributed by atoms with van der Waals surface area (Å²) in [4.78, 5) is 15.4. The molecule has 30 heavy (non-hydrogen) atoms. The van der Waals surface area contributed by atoms with Gasteiger partial charge < -0.3 is 10.2 Å². The van der Waals surface area contributed by atoms with Gasteiger partial charge in [-0.05, 0) is 62.3 Å². The van der Waals surface area contributed by atoms with Crippen LogP contribution in [-0.4, -0.2) is 46.8 Å². The van der Waals surface area contributed by atoms with Gasteiger partial charge in [-0.1, -0.05) is 47.8 Å². The molecule has 1 aromatic heterocycles. The molecule has 0 bridgehead atoms. The van der Waals surface area contributed by atoms with Gasteiger partial charge >= 0.3 is 0 Å². The Balaban J connectivity index is 1.58. The molecule has 2 heterocycles. The molecule has 4 rings (SSSR count). The zero-order valence-corrected chi connectivity index (χ0v) is 18.2. The highest BCUT2D eigenvalue weighted by molar-refractivity contribution is 6.33. The Kier molecular flexibility index (Phi) is 6.72. The van der Waals surface area contributed by atoms with E-state index in [0.29, 0.717) is 28.0 Å². The van der Waals surface area contributed by atoms with Crippen LogP contribution < -0.4 is 5.32 Å². The van der Waals surface area contributed by atoms with E-state index in [0.717, 1.165) is 30.9 Å². The number of benzene rings is 2. The highest BCUT2D eigenvalue weighted by atomic mass is 35.5. The fourth-order valence-electron chi connectivity index (χ4n) is 3.72. The number of carbonyl (C=O) groups is 1. The van der Waals surface area contributed by atoms with Gasteiger partial charge in [0.25, 0.3) is 5.91 Å². The number of hydrogen-bond acceptors (Lipinski definition) is 3. The van der Waals surface area contributed by atoms with E-state index in [4.69, 9.17) is 23.2 Å². The molecular formula is C23H24Cl2N4O. The van der Waals surface area contributed by atoms with Crippen LogP contribution in [-0.2, 0) is 0 Å². The van der Waals surface area contributed by atoms with E-state index in [-0.39, 0.29) is 5.91 Å². The van der Waals surface area contributed by atoms with Gasteiger partial charge in [-0.15, -0.1) is 0 Å². The van der Waals surface area contributed by atoms with Crippen LogP contribution in [0.2, 0.25) is 10.0 Å². The van der Waals surface area contributed by atoms with Crippen LogP contribution >= 0.6 is 23.2 Å². The van der Waals surface area contributed by atoms with Gasteiger partial charge in [0.2, 0.25) is 0 Å². The van der Waals surface area contributed by atoms with Gasteiger partial charge in [0, 0.05) is 23.7 Å². The standard InChI is InChI=1S/C23H24Cl2N4O/c24-17-8-10-18(11-9-17)29-22(16-21(27-29)19-6-2-3-7-20(19)25)23(30)26-12-15-28-13-4-1-5-14-28/h2-3,6-11,16H,1,4-5,12-15H2,(H,26,30). The number of piperidine rings is 1. The maximum atomic E-state index is 13.0. The zero-order valence-electron chi connectivity index (χ0n) is 16.7. The molecule has 1 fully saturated rings. The summed E-state index contributed by atoms with van der Waals surface area (Å²) in [6.07, 6.45) is 3.77. The van der Waals surface area contributed by atoms with Gasteiger partial charge in [0.1, 0.15) is 5.69 Å². The molecule has 0 radical (unpaired) electrons. The van der Waals surface area contributed by atoms with E-state index < -0.39 is 0 Å². The summed E-state index contributed by atoms with van der Waals surface area (Å²) in [5.74, 6) is -0.159. The van der Waals surface area contributed by atoms with Gasteiger partial charge in [0.15, 0.2) is 0 Å². The fourth-order valence-corrected chi connectivity index (χ4v) is 4.08. The van der Waals surface area contributed by atoms with Crippen molar-refractivity contribution in [1.82, 2.24) is 20.0 Å². The van der Waals surface area contributed by atoms with E-state index in [9.17, 15) is 4.79 Å². The summed E-state index contributed by atoms with van der Waals surface area (Å²) >= 11 is 12.4. The normalized spacial score (nSPS) is 14.6. The molecule has 7 heteroatoms. The molecule has 0 aliphatic carbocycles. The molecule has 1 aliphatic heterocycles. The van der Waals surface area contributed by atoms with E-state index in [1.165, 1.54) is 19.3 Å². The summed E-state index contributed by atoms with van der Waals surface area (Å²) in [7, 11) is 0. The molecule has 0 unspecified atom stereocenters. The average Bonchev–Trinajstić information content (AvgIpc) is 3.20. The van der Waals surface area contributed by atoms with Crippen molar-refractivity contribution in [1.29, 1.82) is 0 Å². The lowest BCUT2D eigenvalue weighted by Gasteiger charge is -2.26. The number of likely N-dealkylation sites (tertiary alicyclic amines) is 1. The highest BCUT2D eigenvalue weighted by Gasteiger charge is 2.19. The monoisotopic (exact) mass is 442 g/mol. The molecule has 0 spiro atoms. The molecule has 1 amide bonds. The molecular weight excluding hydrogens is 419 g/mol. The van der Waals surface area contributed by atoms with Crippen LogP contribution in [0.15, 0.2) is 54.6 Å². The summed E-state index contributed by atoms with van der Waals surface area (Å²) in [5, 5.41) is 8.95. The molecule has 3 aromatic rings. The first kappa shape index (κ1) is 20.9. The summed E-state index contributed by atoms with van der Waals surface area (Å²) in [5.41, 5.74) is 2.66. The lowest BCUT2D eigenvalue weighted by atomic mass is 10.1. The van der Waals surface area contributed by atoms with Crippen molar-refractivity contribution >= 4 is 29.1 Å². The Morgan fingerprint density at radius 3 is 2.47 bits per heavy atom. The van der Waals surface area contributed by atoms with E-state index in [1.807, 2.05) is 36.4 Å². The molecule has 156 valence electrons. The first-order valence-corrected chi connectivity index (χ1v) is 11.0. The van der Waals surface area contributed by atoms with Crippen molar-refractivity contribution in [3.8, 4) is 16.9 Å². The van der Waals surface area contributed by atoms with Crippen LogP contribution in [0, 0.1) is 0 Å². The Hall–Kier alpha value is -2.34. The number of halogens is 2. The predicted octanol–water partition coefficient (Wildman–Crippen LogP) is 5.06. The Morgan fingerprint density at radius 2 is 1.73 bits per heavy atom. The predicted molar refractivity (Wildman–Crippen MR) is 122 cm³/mol. The summed E-state index contributed by atoms with van der Waals surface area (Å²) in [6, 6.07) is 16.5. The summed E-state index contributed by atoms with van der Waals surface area (Å²) in [6.45, 7) is 3.68. The van der Waals surface area contributed by atoms with E-state index in [2.05, 4.69) is 15.3 Å². The number of hydrogen-bond donors (Lipinski definition) is 1. The Labute approximate surface area is 186 Å². The number of nitrogens with zero attached hydrogens (tertiary/aromatic N) is 3. The van der Waals surface area contributed by atoms with Crippen LogP contribution in [0.25, 0.3) is 16.9 Å². The van der Waals surface area contributed by atoms with Crippen LogP contribution in [0.3, 0.4) is 0 Å². The third-order valence-electron chi connectivity index (χ3n) is 5.33. The van der Waals surface area contributed by atoms with Crippen molar-refractivity contribution in [3.05, 3.63) is 70.3 Å². The van der Waals surface area contributed by atoms with Crippen molar-refractivity contribution in [2.24, 2.45) is 0 Å². The third-order valence-corrected chi connectivity index (χ3v) is 5.91. The molecule has 5 nitrogen and oxygen atoms in total. The van der Waals surface area contributed by atoms with Crippen molar-refractivity contribution in [2.45, 2.75) is 19.3 Å². The second-order valence-corrected chi connectivity index (χ2v) is 8.28. The molecule has 1 aliphatic rings. The number of amides is 1. The number of nitrogens with one attached hydrogen (secondary N) is 1. The molecule has 0 atom stereocenters. The van der Waals surface area contributed by atoms with Gasteiger partial charge in [-0.3, -0.25) is 4.79 Å². The fraction of sp³-hybridized carbons (Fsp3) is 0.304. The number of rotatable bonds is 6. The first-order chi connectivity index (χ1) is 14.6. The van der Waals surface area contributed by atoms with Crippen LogP contribution in [0.5, 0.6) is 0 Å². The van der Waals surface area contributed by atoms with Gasteiger partial charge in [0.05, 0.1) is 16.4 Å². The first-order valence-electron chi connectivity index (χ1n) is 10.2. The minimum atomic E-state index is -0.159. The largest absolute Gasteiger partial charge is 0.349 e. The maximum absolute atomic E-state index is 13.0. The number of carbonyl (C=O) groups excluding carboxylic acids is 1. The minimum absolute atomic E-state index is 0.159. The van der Waals surface area contributed by atoms with Crippen LogP contribution in [0.4, 0.5) is 0 Å². The highest BCUT2D eigenvalue weighted by Crippen LogP contribution is 2.28. The quantitative estimate of drug-likeness (QED) is 0.579. The Bertz CT molecular complexity index is 1010. The van der Waals surface area contributed by atoms with Gasteiger partial charge in [-0.2, -0.15) is 5.10 Å². The van der Waals surface area contributed by atoms with Crippen molar-refractivity contribution in [2.75, 3.05) is 26.2 Å². The molecule has 1 saturated heterocycles. The van der Waals surface area contributed by atoms with E-state index in [1.54, 1.807) is 22.9 Å². The van der Waals surface area contributed by atoms with Crippen molar-refractivity contribution in [3.63, 3.8) is 0 Å². The molecule has 1 N–H and O–H groups in total. The van der Waals surface area contributed by atoms with Crippen LogP contribution in [0.1, 0.15) is 29.8 Å². The average molecular weight is 443 g/mol. The lowest BCUT2D eigenvalue weighted by molar-refractivity contribution is 0.0939. The lowest BCUT2D eigenvalue weighted by Crippen LogP contribution is -2.38. The van der Waals surface area contributed by atoms with E-state index >= 15 is 0 Å². The maximum Gasteiger partial charge on any atom is 0.270 e. The zero-order chi connectivity index (χ0) is 20.9.